The molecule has 0 radical (unpaired) electrons. The van der Waals surface area contributed by atoms with Crippen LogP contribution in [0.1, 0.15) is 22.6 Å². The van der Waals surface area contributed by atoms with Gasteiger partial charge in [-0.05, 0) is 29.8 Å². The second kappa shape index (κ2) is 6.01. The van der Waals surface area contributed by atoms with Crippen molar-refractivity contribution in [3.63, 3.8) is 0 Å². The third-order valence-corrected chi connectivity index (χ3v) is 2.58. The maximum atomic E-state index is 8.86. The summed E-state index contributed by atoms with van der Waals surface area (Å²) < 4.78 is 5.35. The van der Waals surface area contributed by atoms with Gasteiger partial charge in [0, 0.05) is 6.54 Å². The molecular weight excluding hydrogens is 228 g/mol. The topological polar surface area (TPSA) is 69.2 Å². The average Bonchev–Trinajstić information content (AvgIpc) is 2.87. The van der Waals surface area contributed by atoms with Gasteiger partial charge in [-0.1, -0.05) is 12.1 Å². The number of nitriles is 1. The molecule has 18 heavy (non-hydrogen) atoms. The Bertz CT molecular complexity index is 538. The molecule has 0 saturated carbocycles. The number of rotatable bonds is 5. The fraction of sp³-hybridized carbons (Fsp3) is 0.214. The van der Waals surface area contributed by atoms with E-state index in [0.717, 1.165) is 11.3 Å². The van der Waals surface area contributed by atoms with Gasteiger partial charge in [-0.25, -0.2) is 0 Å². The first-order valence-electron chi connectivity index (χ1n) is 5.70. The summed E-state index contributed by atoms with van der Waals surface area (Å²) in [5, 5.41) is 20.8. The first kappa shape index (κ1) is 12.4. The molecular formula is C14H14N2O2. The van der Waals surface area contributed by atoms with E-state index in [2.05, 4.69) is 11.4 Å². The van der Waals surface area contributed by atoms with Crippen molar-refractivity contribution in [1.29, 1.82) is 5.26 Å². The highest BCUT2D eigenvalue weighted by Gasteiger charge is 2.00. The molecule has 1 heterocycles. The lowest BCUT2D eigenvalue weighted by Crippen LogP contribution is -2.12. The van der Waals surface area contributed by atoms with Gasteiger partial charge in [0.15, 0.2) is 0 Å². The number of aliphatic hydroxyl groups is 1. The summed E-state index contributed by atoms with van der Waals surface area (Å²) in [4.78, 5) is 0. The molecule has 0 amide bonds. The molecule has 0 aliphatic heterocycles. The van der Waals surface area contributed by atoms with Crippen LogP contribution >= 0.6 is 0 Å². The molecule has 0 fully saturated rings. The zero-order chi connectivity index (χ0) is 12.8. The van der Waals surface area contributed by atoms with Crippen LogP contribution in [0.4, 0.5) is 0 Å². The van der Waals surface area contributed by atoms with Crippen LogP contribution in [0.2, 0.25) is 0 Å². The lowest BCUT2D eigenvalue weighted by Gasteiger charge is -2.03. The number of hydrogen-bond acceptors (Lipinski definition) is 4. The minimum atomic E-state index is -0.0738. The van der Waals surface area contributed by atoms with Crippen LogP contribution in [-0.4, -0.2) is 5.11 Å². The number of nitrogens with one attached hydrogen (secondary N) is 1. The van der Waals surface area contributed by atoms with Gasteiger partial charge < -0.3 is 14.8 Å². The Morgan fingerprint density at radius 2 is 1.78 bits per heavy atom. The predicted octanol–water partition coefficient (Wildman–Crippen LogP) is 1.93. The summed E-state index contributed by atoms with van der Waals surface area (Å²) in [6.07, 6.45) is 0. The zero-order valence-corrected chi connectivity index (χ0v) is 9.89. The Labute approximate surface area is 105 Å². The van der Waals surface area contributed by atoms with Crippen molar-refractivity contribution < 1.29 is 9.52 Å². The molecule has 1 aromatic heterocycles. The molecule has 0 atom stereocenters. The summed E-state index contributed by atoms with van der Waals surface area (Å²) in [5.41, 5.74) is 1.78. The normalized spacial score (nSPS) is 10.2. The molecule has 0 spiro atoms. The van der Waals surface area contributed by atoms with E-state index in [1.165, 1.54) is 0 Å². The van der Waals surface area contributed by atoms with Crippen LogP contribution in [0.15, 0.2) is 40.8 Å². The highest BCUT2D eigenvalue weighted by Crippen LogP contribution is 2.08. The predicted molar refractivity (Wildman–Crippen MR) is 66.3 cm³/mol. The van der Waals surface area contributed by atoms with Gasteiger partial charge in [-0.15, -0.1) is 0 Å². The molecule has 1 aromatic carbocycles. The van der Waals surface area contributed by atoms with Crippen LogP contribution in [0, 0.1) is 11.3 Å². The van der Waals surface area contributed by atoms with E-state index < -0.39 is 0 Å². The van der Waals surface area contributed by atoms with E-state index in [0.29, 0.717) is 24.4 Å². The number of aliphatic hydroxyl groups excluding tert-OH is 1. The van der Waals surface area contributed by atoms with E-state index in [-0.39, 0.29) is 6.61 Å². The van der Waals surface area contributed by atoms with Crippen molar-refractivity contribution in [2.75, 3.05) is 0 Å². The summed E-state index contributed by atoms with van der Waals surface area (Å²) >= 11 is 0. The lowest BCUT2D eigenvalue weighted by atomic mass is 10.1. The van der Waals surface area contributed by atoms with Gasteiger partial charge in [0.05, 0.1) is 18.2 Å². The number of benzene rings is 1. The van der Waals surface area contributed by atoms with Gasteiger partial charge >= 0.3 is 0 Å². The van der Waals surface area contributed by atoms with Gasteiger partial charge in [0.25, 0.3) is 0 Å². The molecule has 2 aromatic rings. The standard InChI is InChI=1S/C14H14N2O2/c15-7-11-1-3-12(4-2-11)8-16-9-13-5-6-14(10-17)18-13/h1-6,16-17H,8-10H2. The van der Waals surface area contributed by atoms with Crippen LogP contribution in [0.5, 0.6) is 0 Å². The van der Waals surface area contributed by atoms with Gasteiger partial charge in [-0.2, -0.15) is 5.26 Å². The Hall–Kier alpha value is -2.09. The quantitative estimate of drug-likeness (QED) is 0.840. The third kappa shape index (κ3) is 3.20. The monoisotopic (exact) mass is 242 g/mol. The van der Waals surface area contributed by atoms with E-state index in [9.17, 15) is 0 Å². The number of hydrogen-bond donors (Lipinski definition) is 2. The molecule has 92 valence electrons. The van der Waals surface area contributed by atoms with Crippen molar-refractivity contribution in [1.82, 2.24) is 5.32 Å². The molecule has 0 aliphatic carbocycles. The number of furan rings is 1. The summed E-state index contributed by atoms with van der Waals surface area (Å²) in [5.74, 6) is 1.37. The highest BCUT2D eigenvalue weighted by molar-refractivity contribution is 5.31. The lowest BCUT2D eigenvalue weighted by molar-refractivity contribution is 0.242. The molecule has 0 unspecified atom stereocenters. The second-order valence-corrected chi connectivity index (χ2v) is 3.94. The van der Waals surface area contributed by atoms with Crippen molar-refractivity contribution in [2.45, 2.75) is 19.7 Å². The van der Waals surface area contributed by atoms with Crippen molar-refractivity contribution in [3.05, 3.63) is 59.0 Å². The van der Waals surface area contributed by atoms with Crippen LogP contribution in [-0.2, 0) is 19.7 Å². The maximum Gasteiger partial charge on any atom is 0.129 e. The van der Waals surface area contributed by atoms with E-state index in [1.54, 1.807) is 18.2 Å². The maximum absolute atomic E-state index is 8.86. The summed E-state index contributed by atoms with van der Waals surface area (Å²) in [6, 6.07) is 13.1. The van der Waals surface area contributed by atoms with Gasteiger partial charge in [0.2, 0.25) is 0 Å². The van der Waals surface area contributed by atoms with E-state index in [1.807, 2.05) is 18.2 Å². The molecule has 0 bridgehead atoms. The molecule has 2 rings (SSSR count). The Kier molecular flexibility index (Phi) is 4.13. The van der Waals surface area contributed by atoms with Crippen LogP contribution < -0.4 is 5.32 Å². The van der Waals surface area contributed by atoms with Crippen molar-refractivity contribution in [3.8, 4) is 6.07 Å². The molecule has 2 N–H and O–H groups in total. The Morgan fingerprint density at radius 3 is 2.39 bits per heavy atom. The third-order valence-electron chi connectivity index (χ3n) is 2.58. The fourth-order valence-corrected chi connectivity index (χ4v) is 1.63. The molecule has 4 heteroatoms. The van der Waals surface area contributed by atoms with E-state index >= 15 is 0 Å². The largest absolute Gasteiger partial charge is 0.462 e. The highest BCUT2D eigenvalue weighted by atomic mass is 16.4. The Balaban J connectivity index is 1.82. The minimum absolute atomic E-state index is 0.0738. The minimum Gasteiger partial charge on any atom is -0.462 e. The smallest absolute Gasteiger partial charge is 0.129 e. The van der Waals surface area contributed by atoms with Crippen LogP contribution in [0.3, 0.4) is 0 Å². The molecule has 0 aliphatic rings. The second-order valence-electron chi connectivity index (χ2n) is 3.94. The zero-order valence-electron chi connectivity index (χ0n) is 9.89. The van der Waals surface area contributed by atoms with Gasteiger partial charge in [0.1, 0.15) is 18.1 Å². The van der Waals surface area contributed by atoms with Crippen molar-refractivity contribution in [2.24, 2.45) is 0 Å². The Morgan fingerprint density at radius 1 is 1.06 bits per heavy atom. The molecule has 4 nitrogen and oxygen atoms in total. The molecule has 0 saturated heterocycles. The first-order chi connectivity index (χ1) is 8.81. The van der Waals surface area contributed by atoms with Crippen molar-refractivity contribution >= 4 is 0 Å². The first-order valence-corrected chi connectivity index (χ1v) is 5.70. The van der Waals surface area contributed by atoms with Gasteiger partial charge in [-0.3, -0.25) is 0 Å². The number of nitrogens with zero attached hydrogens (tertiary/aromatic N) is 1. The average molecular weight is 242 g/mol. The van der Waals surface area contributed by atoms with E-state index in [4.69, 9.17) is 14.8 Å². The summed E-state index contributed by atoms with van der Waals surface area (Å²) in [7, 11) is 0. The SMILES string of the molecule is N#Cc1ccc(CNCc2ccc(CO)o2)cc1. The fourth-order valence-electron chi connectivity index (χ4n) is 1.63. The summed E-state index contributed by atoms with van der Waals surface area (Å²) in [6.45, 7) is 1.25. The van der Waals surface area contributed by atoms with Crippen LogP contribution in [0.25, 0.3) is 0 Å².